The lowest BCUT2D eigenvalue weighted by molar-refractivity contribution is -0.0536. The molecule has 1 heteroatoms. The van der Waals surface area contributed by atoms with Gasteiger partial charge in [-0.2, -0.15) is 0 Å². The van der Waals surface area contributed by atoms with E-state index < -0.39 is 0 Å². The second-order valence-corrected chi connectivity index (χ2v) is 5.84. The Morgan fingerprint density at radius 2 is 1.38 bits per heavy atom. The lowest BCUT2D eigenvalue weighted by Gasteiger charge is -2.55. The number of rotatable bonds is 2. The van der Waals surface area contributed by atoms with Gasteiger partial charge in [-0.25, -0.2) is 0 Å². The largest absolute Gasteiger partial charge is 0.295 e. The van der Waals surface area contributed by atoms with Crippen LogP contribution in [0.15, 0.2) is 0 Å². The summed E-state index contributed by atoms with van der Waals surface area (Å²) in [7, 11) is 0. The normalized spacial score (nSPS) is 34.1. The smallest absolute Gasteiger partial charge is 0.0152 e. The molecule has 1 unspecified atom stereocenters. The van der Waals surface area contributed by atoms with E-state index in [4.69, 9.17) is 0 Å². The van der Waals surface area contributed by atoms with E-state index in [1.165, 1.54) is 25.7 Å². The molecule has 3 rings (SSSR count). The van der Waals surface area contributed by atoms with Gasteiger partial charge < -0.3 is 0 Å². The van der Waals surface area contributed by atoms with Crippen molar-refractivity contribution in [3.8, 4) is 0 Å². The van der Waals surface area contributed by atoms with E-state index in [-0.39, 0.29) is 0 Å². The molecule has 1 aliphatic carbocycles. The molecule has 2 heterocycles. The highest BCUT2D eigenvalue weighted by molar-refractivity contribution is 4.97. The number of hydrogen-bond donors (Lipinski definition) is 0. The van der Waals surface area contributed by atoms with Gasteiger partial charge in [-0.05, 0) is 51.4 Å². The first-order chi connectivity index (χ1) is 7.61. The summed E-state index contributed by atoms with van der Waals surface area (Å²) >= 11 is 0. The predicted molar refractivity (Wildman–Crippen MR) is 72.7 cm³/mol. The maximum absolute atomic E-state index is 2.82. The molecule has 3 fully saturated rings. The van der Waals surface area contributed by atoms with E-state index in [2.05, 4.69) is 32.6 Å². The van der Waals surface area contributed by atoms with Crippen molar-refractivity contribution in [1.29, 1.82) is 0 Å². The third-order valence-corrected chi connectivity index (χ3v) is 4.27. The van der Waals surface area contributed by atoms with Crippen molar-refractivity contribution in [2.75, 3.05) is 0 Å². The van der Waals surface area contributed by atoms with Crippen LogP contribution in [0.3, 0.4) is 0 Å². The lowest BCUT2D eigenvalue weighted by atomic mass is 9.70. The van der Waals surface area contributed by atoms with Crippen molar-refractivity contribution in [1.82, 2.24) is 4.90 Å². The van der Waals surface area contributed by atoms with Gasteiger partial charge in [-0.1, -0.05) is 27.7 Å². The highest BCUT2D eigenvalue weighted by Crippen LogP contribution is 2.43. The summed E-state index contributed by atoms with van der Waals surface area (Å²) in [6, 6.07) is 2.53. The Morgan fingerprint density at radius 3 is 1.69 bits per heavy atom. The average Bonchev–Trinajstić information content (AvgIpc) is 2.31. The highest BCUT2D eigenvalue weighted by atomic mass is 15.2. The third-order valence-electron chi connectivity index (χ3n) is 4.27. The maximum atomic E-state index is 2.82. The first-order valence-corrected chi connectivity index (χ1v) is 7.38. The zero-order valence-corrected chi connectivity index (χ0v) is 12.2. The summed E-state index contributed by atoms with van der Waals surface area (Å²) < 4.78 is 0. The molecule has 16 heavy (non-hydrogen) atoms. The standard InChI is InChI=1S/C13H25N.C2H6/c1-9(2)13-11-5-7-12(8-6-11)14(13)10(3)4;1-2/h9-13H,5-8H2,1-4H3;1-2H3. The Labute approximate surface area is 103 Å². The van der Waals surface area contributed by atoms with Crippen molar-refractivity contribution in [2.24, 2.45) is 11.8 Å². The van der Waals surface area contributed by atoms with Crippen molar-refractivity contribution in [3.05, 3.63) is 0 Å². The van der Waals surface area contributed by atoms with Crippen LogP contribution in [0.5, 0.6) is 0 Å². The van der Waals surface area contributed by atoms with Crippen LogP contribution in [-0.2, 0) is 0 Å². The van der Waals surface area contributed by atoms with Crippen LogP contribution >= 0.6 is 0 Å². The monoisotopic (exact) mass is 225 g/mol. The van der Waals surface area contributed by atoms with Gasteiger partial charge >= 0.3 is 0 Å². The zero-order chi connectivity index (χ0) is 12.3. The molecule has 2 bridgehead atoms. The van der Waals surface area contributed by atoms with E-state index in [9.17, 15) is 0 Å². The van der Waals surface area contributed by atoms with Gasteiger partial charge in [0.25, 0.3) is 0 Å². The summed E-state index contributed by atoms with van der Waals surface area (Å²) in [4.78, 5) is 2.82. The molecule has 2 saturated heterocycles. The summed E-state index contributed by atoms with van der Waals surface area (Å²) in [5, 5.41) is 0. The first kappa shape index (κ1) is 14.0. The summed E-state index contributed by atoms with van der Waals surface area (Å²) in [6.45, 7) is 13.5. The molecule has 1 atom stereocenters. The Morgan fingerprint density at radius 1 is 0.875 bits per heavy atom. The van der Waals surface area contributed by atoms with Gasteiger partial charge in [-0.15, -0.1) is 0 Å². The molecule has 2 aliphatic heterocycles. The van der Waals surface area contributed by atoms with Crippen LogP contribution in [0, 0.1) is 11.8 Å². The fraction of sp³-hybridized carbons (Fsp3) is 1.00. The average molecular weight is 225 g/mol. The van der Waals surface area contributed by atoms with E-state index in [1.54, 1.807) is 0 Å². The van der Waals surface area contributed by atoms with E-state index in [1.807, 2.05) is 13.8 Å². The van der Waals surface area contributed by atoms with Gasteiger partial charge in [0.15, 0.2) is 0 Å². The minimum absolute atomic E-state index is 0.746. The Hall–Kier alpha value is -0.0400. The van der Waals surface area contributed by atoms with Gasteiger partial charge in [-0.3, -0.25) is 4.90 Å². The summed E-state index contributed by atoms with van der Waals surface area (Å²) in [5.74, 6) is 1.84. The quantitative estimate of drug-likeness (QED) is 0.676. The Balaban J connectivity index is 0.000000606. The number of hydrogen-bond acceptors (Lipinski definition) is 1. The third kappa shape index (κ3) is 2.61. The number of nitrogens with zero attached hydrogens (tertiary/aromatic N) is 1. The Kier molecular flexibility index (Phi) is 5.30. The summed E-state index contributed by atoms with van der Waals surface area (Å²) in [6.07, 6.45) is 5.92. The van der Waals surface area contributed by atoms with Gasteiger partial charge in [0.1, 0.15) is 0 Å². The molecule has 0 aromatic carbocycles. The minimum Gasteiger partial charge on any atom is -0.295 e. The second-order valence-electron chi connectivity index (χ2n) is 5.84. The molecular weight excluding hydrogens is 194 g/mol. The second kappa shape index (κ2) is 6.05. The minimum atomic E-state index is 0.746. The SMILES string of the molecule is CC.CC(C)C1C2CCC(CC2)N1C(C)C. The van der Waals surface area contributed by atoms with Crippen LogP contribution in [0.1, 0.15) is 67.2 Å². The molecule has 1 saturated carbocycles. The Bertz CT molecular complexity index is 168. The first-order valence-electron chi connectivity index (χ1n) is 7.38. The molecule has 1 nitrogen and oxygen atoms in total. The van der Waals surface area contributed by atoms with Crippen molar-refractivity contribution in [2.45, 2.75) is 85.4 Å². The van der Waals surface area contributed by atoms with Gasteiger partial charge in [0.05, 0.1) is 0 Å². The van der Waals surface area contributed by atoms with Crippen molar-refractivity contribution in [3.63, 3.8) is 0 Å². The van der Waals surface area contributed by atoms with Crippen LogP contribution < -0.4 is 0 Å². The van der Waals surface area contributed by atoms with Crippen LogP contribution in [0.4, 0.5) is 0 Å². The fourth-order valence-electron chi connectivity index (χ4n) is 3.88. The fourth-order valence-corrected chi connectivity index (χ4v) is 3.88. The van der Waals surface area contributed by atoms with E-state index in [0.29, 0.717) is 0 Å². The molecule has 0 radical (unpaired) electrons. The topological polar surface area (TPSA) is 3.24 Å². The van der Waals surface area contributed by atoms with Crippen molar-refractivity contribution < 1.29 is 0 Å². The van der Waals surface area contributed by atoms with Crippen LogP contribution in [-0.4, -0.2) is 23.0 Å². The summed E-state index contributed by atoms with van der Waals surface area (Å²) in [5.41, 5.74) is 0. The van der Waals surface area contributed by atoms with Gasteiger partial charge in [0.2, 0.25) is 0 Å². The van der Waals surface area contributed by atoms with E-state index in [0.717, 1.165) is 30.0 Å². The number of fused-ring (bicyclic) bond motifs is 3. The molecule has 0 spiro atoms. The molecule has 96 valence electrons. The molecule has 3 aliphatic rings. The van der Waals surface area contributed by atoms with Crippen LogP contribution in [0.25, 0.3) is 0 Å². The molecule has 0 aromatic rings. The molecule has 0 N–H and O–H groups in total. The highest BCUT2D eigenvalue weighted by Gasteiger charge is 2.43. The zero-order valence-electron chi connectivity index (χ0n) is 12.2. The molecule has 0 aromatic heterocycles. The van der Waals surface area contributed by atoms with E-state index >= 15 is 0 Å². The number of piperidine rings is 2. The predicted octanol–water partition coefficient (Wildman–Crippen LogP) is 4.32. The molecule has 0 amide bonds. The van der Waals surface area contributed by atoms with Gasteiger partial charge in [0, 0.05) is 18.1 Å². The maximum Gasteiger partial charge on any atom is 0.0152 e. The lowest BCUT2D eigenvalue weighted by Crippen LogP contribution is -2.59. The molecular formula is C15H31N. The van der Waals surface area contributed by atoms with Crippen molar-refractivity contribution >= 4 is 0 Å². The van der Waals surface area contributed by atoms with Crippen LogP contribution in [0.2, 0.25) is 0 Å².